The summed E-state index contributed by atoms with van der Waals surface area (Å²) in [5, 5.41) is 5.80. The molecule has 1 heterocycles. The summed E-state index contributed by atoms with van der Waals surface area (Å²) in [7, 11) is -2.09. The first-order valence-electron chi connectivity index (χ1n) is 6.92. The molecule has 6 nitrogen and oxygen atoms in total. The fraction of sp³-hybridized carbons (Fsp3) is 0.0625. The van der Waals surface area contributed by atoms with E-state index in [1.807, 2.05) is 24.3 Å². The van der Waals surface area contributed by atoms with E-state index in [0.29, 0.717) is 11.3 Å². The number of para-hydroxylation sites is 1. The number of anilines is 2. The summed E-state index contributed by atoms with van der Waals surface area (Å²) >= 11 is 0. The number of carbonyl (C=O) groups is 1. The Balaban J connectivity index is 1.82. The van der Waals surface area contributed by atoms with Crippen molar-refractivity contribution in [2.45, 2.75) is 4.90 Å². The molecule has 3 N–H and O–H groups in total. The van der Waals surface area contributed by atoms with E-state index in [1.165, 1.54) is 19.2 Å². The molecule has 7 heteroatoms. The Morgan fingerprint density at radius 3 is 2.43 bits per heavy atom. The number of benzene rings is 2. The van der Waals surface area contributed by atoms with Gasteiger partial charge in [-0.3, -0.25) is 4.79 Å². The Morgan fingerprint density at radius 1 is 1.04 bits per heavy atom. The van der Waals surface area contributed by atoms with Gasteiger partial charge in [-0.15, -0.1) is 0 Å². The van der Waals surface area contributed by atoms with E-state index >= 15 is 0 Å². The van der Waals surface area contributed by atoms with Gasteiger partial charge in [-0.25, -0.2) is 13.1 Å². The number of hydrogen-bond acceptors (Lipinski definition) is 4. The van der Waals surface area contributed by atoms with Crippen LogP contribution >= 0.6 is 0 Å². The zero-order valence-electron chi connectivity index (χ0n) is 12.3. The van der Waals surface area contributed by atoms with E-state index in [9.17, 15) is 13.2 Å². The maximum atomic E-state index is 12.0. The lowest BCUT2D eigenvalue weighted by Crippen LogP contribution is -2.18. The van der Waals surface area contributed by atoms with Crippen LogP contribution < -0.4 is 15.4 Å². The van der Waals surface area contributed by atoms with Crippen LogP contribution in [0, 0.1) is 0 Å². The summed E-state index contributed by atoms with van der Waals surface area (Å²) in [6.45, 7) is 0. The highest BCUT2D eigenvalue weighted by atomic mass is 32.2. The largest absolute Gasteiger partial charge is 0.361 e. The zero-order chi connectivity index (χ0) is 16.4. The van der Waals surface area contributed by atoms with Crippen LogP contribution in [0.3, 0.4) is 0 Å². The molecule has 0 radical (unpaired) electrons. The molecule has 0 unspecified atom stereocenters. The van der Waals surface area contributed by atoms with E-state index in [-0.39, 0.29) is 10.8 Å². The highest BCUT2D eigenvalue weighted by molar-refractivity contribution is 7.89. The molecular weight excluding hydrogens is 314 g/mol. The van der Waals surface area contributed by atoms with Crippen molar-refractivity contribution in [3.8, 4) is 0 Å². The van der Waals surface area contributed by atoms with E-state index < -0.39 is 10.0 Å². The van der Waals surface area contributed by atoms with Crippen molar-refractivity contribution in [3.63, 3.8) is 0 Å². The fourth-order valence-electron chi connectivity index (χ4n) is 2.29. The fourth-order valence-corrected chi connectivity index (χ4v) is 3.02. The molecule has 0 spiro atoms. The van der Waals surface area contributed by atoms with Crippen LogP contribution in [0.2, 0.25) is 0 Å². The third kappa shape index (κ3) is 2.96. The second kappa shape index (κ2) is 5.86. The lowest BCUT2D eigenvalue weighted by molar-refractivity contribution is -0.110. The molecule has 0 fully saturated rings. The van der Waals surface area contributed by atoms with Crippen molar-refractivity contribution in [2.24, 2.45) is 0 Å². The van der Waals surface area contributed by atoms with Crippen molar-refractivity contribution in [3.05, 3.63) is 60.3 Å². The normalized spacial score (nSPS) is 15.3. The van der Waals surface area contributed by atoms with Crippen LogP contribution in [-0.4, -0.2) is 21.4 Å². The third-order valence-electron chi connectivity index (χ3n) is 3.53. The highest BCUT2D eigenvalue weighted by Crippen LogP contribution is 2.31. The highest BCUT2D eigenvalue weighted by Gasteiger charge is 2.23. The molecule has 0 bridgehead atoms. The number of sulfonamides is 1. The monoisotopic (exact) mass is 329 g/mol. The first-order valence-corrected chi connectivity index (χ1v) is 8.40. The Bertz CT molecular complexity index is 887. The SMILES string of the molecule is CNS(=O)(=O)c1ccc(NC=C2C(=O)Nc3ccccc32)cc1. The quantitative estimate of drug-likeness (QED) is 0.749. The van der Waals surface area contributed by atoms with Gasteiger partial charge in [0.25, 0.3) is 5.91 Å². The summed E-state index contributed by atoms with van der Waals surface area (Å²) in [5.74, 6) is -0.173. The second-order valence-electron chi connectivity index (χ2n) is 4.93. The average Bonchev–Trinajstić information content (AvgIpc) is 2.88. The Hall–Kier alpha value is -2.64. The Morgan fingerprint density at radius 2 is 1.74 bits per heavy atom. The predicted molar refractivity (Wildman–Crippen MR) is 89.4 cm³/mol. The number of nitrogens with one attached hydrogen (secondary N) is 3. The van der Waals surface area contributed by atoms with E-state index in [1.54, 1.807) is 18.3 Å². The molecule has 0 saturated carbocycles. The van der Waals surface area contributed by atoms with Crippen molar-refractivity contribution < 1.29 is 13.2 Å². The number of amides is 1. The molecule has 118 valence electrons. The molecule has 0 aromatic heterocycles. The van der Waals surface area contributed by atoms with Gasteiger partial charge in [-0.2, -0.15) is 0 Å². The minimum atomic E-state index is -3.45. The first kappa shape index (κ1) is 15.3. The standard InChI is InChI=1S/C16H15N3O3S/c1-17-23(21,22)12-8-6-11(7-9-12)18-10-14-13-4-2-3-5-15(13)19-16(14)20/h2-10,17-18H,1H3,(H,19,20). The van der Waals surface area contributed by atoms with Gasteiger partial charge in [-0.05, 0) is 37.4 Å². The third-order valence-corrected chi connectivity index (χ3v) is 4.96. The van der Waals surface area contributed by atoms with Crippen LogP contribution in [0.25, 0.3) is 5.57 Å². The molecule has 2 aromatic rings. The number of fused-ring (bicyclic) bond motifs is 1. The lowest BCUT2D eigenvalue weighted by atomic mass is 10.1. The molecule has 1 amide bonds. The zero-order valence-corrected chi connectivity index (χ0v) is 13.1. The van der Waals surface area contributed by atoms with Gasteiger partial charge in [0.15, 0.2) is 0 Å². The minimum absolute atomic E-state index is 0.173. The molecule has 1 aliphatic rings. The number of rotatable bonds is 4. The Kier molecular flexibility index (Phi) is 3.89. The van der Waals surface area contributed by atoms with Crippen LogP contribution in [-0.2, 0) is 14.8 Å². The maximum absolute atomic E-state index is 12.0. The lowest BCUT2D eigenvalue weighted by Gasteiger charge is -2.05. The average molecular weight is 329 g/mol. The van der Waals surface area contributed by atoms with Crippen LogP contribution in [0.15, 0.2) is 59.6 Å². The predicted octanol–water partition coefficient (Wildman–Crippen LogP) is 2.00. The van der Waals surface area contributed by atoms with Gasteiger partial charge in [-0.1, -0.05) is 18.2 Å². The molecule has 0 atom stereocenters. The van der Waals surface area contributed by atoms with E-state index in [0.717, 1.165) is 11.3 Å². The number of hydrogen-bond donors (Lipinski definition) is 3. The molecule has 1 aliphatic heterocycles. The van der Waals surface area contributed by atoms with Gasteiger partial charge in [0.05, 0.1) is 10.5 Å². The summed E-state index contributed by atoms with van der Waals surface area (Å²) in [5.41, 5.74) is 2.83. The van der Waals surface area contributed by atoms with E-state index in [4.69, 9.17) is 0 Å². The molecule has 3 rings (SSSR count). The van der Waals surface area contributed by atoms with Crippen molar-refractivity contribution in [1.82, 2.24) is 4.72 Å². The molecular formula is C16H15N3O3S. The van der Waals surface area contributed by atoms with Gasteiger partial charge >= 0.3 is 0 Å². The summed E-state index contributed by atoms with van der Waals surface area (Å²) in [6.07, 6.45) is 1.61. The van der Waals surface area contributed by atoms with Gasteiger partial charge in [0.1, 0.15) is 0 Å². The molecule has 23 heavy (non-hydrogen) atoms. The topological polar surface area (TPSA) is 87.3 Å². The summed E-state index contributed by atoms with van der Waals surface area (Å²) in [4.78, 5) is 12.2. The molecule has 0 saturated heterocycles. The van der Waals surface area contributed by atoms with Gasteiger partial charge in [0.2, 0.25) is 10.0 Å². The number of carbonyl (C=O) groups excluding carboxylic acids is 1. The van der Waals surface area contributed by atoms with Crippen LogP contribution in [0.4, 0.5) is 11.4 Å². The molecule has 2 aromatic carbocycles. The molecule has 0 aliphatic carbocycles. The van der Waals surface area contributed by atoms with Gasteiger partial charge < -0.3 is 10.6 Å². The smallest absolute Gasteiger partial charge is 0.257 e. The van der Waals surface area contributed by atoms with Crippen molar-refractivity contribution in [2.75, 3.05) is 17.7 Å². The van der Waals surface area contributed by atoms with Crippen LogP contribution in [0.1, 0.15) is 5.56 Å². The minimum Gasteiger partial charge on any atom is -0.361 e. The summed E-state index contributed by atoms with van der Waals surface area (Å²) < 4.78 is 25.6. The van der Waals surface area contributed by atoms with Crippen LogP contribution in [0.5, 0.6) is 0 Å². The Labute approximate surface area is 134 Å². The van der Waals surface area contributed by atoms with Gasteiger partial charge in [0, 0.05) is 23.1 Å². The first-order chi connectivity index (χ1) is 11.0. The van der Waals surface area contributed by atoms with Crippen molar-refractivity contribution >= 4 is 32.9 Å². The van der Waals surface area contributed by atoms with E-state index in [2.05, 4.69) is 15.4 Å². The summed E-state index contributed by atoms with van der Waals surface area (Å²) in [6, 6.07) is 13.7. The maximum Gasteiger partial charge on any atom is 0.257 e. The van der Waals surface area contributed by atoms with Crippen molar-refractivity contribution in [1.29, 1.82) is 0 Å². The second-order valence-corrected chi connectivity index (χ2v) is 6.82.